The number of carbonyl (C=O) groups excluding carboxylic acids is 1. The van der Waals surface area contributed by atoms with E-state index in [1.165, 1.54) is 36.4 Å². The summed E-state index contributed by atoms with van der Waals surface area (Å²) in [5, 5.41) is 21.7. The third-order valence-electron chi connectivity index (χ3n) is 5.02. The van der Waals surface area contributed by atoms with Gasteiger partial charge in [-0.25, -0.2) is 4.79 Å². The summed E-state index contributed by atoms with van der Waals surface area (Å²) in [6, 6.07) is 11.4. The topological polar surface area (TPSA) is 110 Å². The van der Waals surface area contributed by atoms with Gasteiger partial charge in [-0.2, -0.15) is 26.3 Å². The monoisotopic (exact) mass is 546 g/mol. The second kappa shape index (κ2) is 12.6. The first-order valence-corrected chi connectivity index (χ1v) is 11.0. The fourth-order valence-electron chi connectivity index (χ4n) is 3.03. The molecular weight excluding hydrogens is 526 g/mol. The van der Waals surface area contributed by atoms with Crippen LogP contribution >= 0.6 is 11.6 Å². The number of aliphatic imine (C=N–C) groups is 1. The van der Waals surface area contributed by atoms with Crippen molar-refractivity contribution in [3.05, 3.63) is 64.7 Å². The quantitative estimate of drug-likeness (QED) is 0.120. The van der Waals surface area contributed by atoms with Crippen LogP contribution in [0.15, 0.2) is 53.5 Å². The van der Waals surface area contributed by atoms with E-state index < -0.39 is 42.1 Å². The van der Waals surface area contributed by atoms with Gasteiger partial charge in [-0.1, -0.05) is 35.9 Å². The normalized spacial score (nSPS) is 13.1. The van der Waals surface area contributed by atoms with E-state index in [-0.39, 0.29) is 47.0 Å². The lowest BCUT2D eigenvalue weighted by molar-refractivity contribution is -0.0629. The number of esters is 1. The predicted molar refractivity (Wildman–Crippen MR) is 128 cm³/mol. The van der Waals surface area contributed by atoms with E-state index in [9.17, 15) is 31.1 Å². The zero-order valence-electron chi connectivity index (χ0n) is 19.0. The summed E-state index contributed by atoms with van der Waals surface area (Å²) in [6.07, 6.45) is -10.3. The van der Waals surface area contributed by atoms with E-state index in [4.69, 9.17) is 32.6 Å². The van der Waals surface area contributed by atoms with Crippen LogP contribution in [0, 0.1) is 22.1 Å². The average molecular weight is 547 g/mol. The molecule has 0 fully saturated rings. The maximum Gasteiger partial charge on any atom is 0.429 e. The molecule has 13 heteroatoms. The SMILES string of the molecule is N=CC(CCCOC(=O)c1ccc(C(CC(=N)C(F)(F)F)=Nc2ccccc2Cl)cc1)C(=N)C(F)(F)F. The van der Waals surface area contributed by atoms with Gasteiger partial charge in [0, 0.05) is 18.6 Å². The predicted octanol–water partition coefficient (Wildman–Crippen LogP) is 7.22. The summed E-state index contributed by atoms with van der Waals surface area (Å²) in [5.74, 6) is -2.28. The van der Waals surface area contributed by atoms with Gasteiger partial charge in [0.25, 0.3) is 0 Å². The Hall–Kier alpha value is -3.54. The zero-order valence-corrected chi connectivity index (χ0v) is 19.8. The van der Waals surface area contributed by atoms with Gasteiger partial charge in [-0.05, 0) is 42.7 Å². The number of alkyl halides is 6. The summed E-state index contributed by atoms with van der Waals surface area (Å²) in [4.78, 5) is 16.4. The summed E-state index contributed by atoms with van der Waals surface area (Å²) in [7, 11) is 0. The third-order valence-corrected chi connectivity index (χ3v) is 5.34. The number of ether oxygens (including phenoxy) is 1. The molecular formula is C24H21ClF6N4O2. The summed E-state index contributed by atoms with van der Waals surface area (Å²) in [5.41, 5.74) is -2.77. The Bertz CT molecular complexity index is 1180. The Balaban J connectivity index is 2.11. The number of hydrogen-bond donors (Lipinski definition) is 3. The molecule has 37 heavy (non-hydrogen) atoms. The molecule has 2 aromatic carbocycles. The lowest BCUT2D eigenvalue weighted by Gasteiger charge is -2.15. The van der Waals surface area contributed by atoms with Crippen molar-refractivity contribution in [3.8, 4) is 0 Å². The Morgan fingerprint density at radius 3 is 2.11 bits per heavy atom. The highest BCUT2D eigenvalue weighted by atomic mass is 35.5. The molecule has 0 spiro atoms. The lowest BCUT2D eigenvalue weighted by atomic mass is 9.98. The van der Waals surface area contributed by atoms with Gasteiger partial charge >= 0.3 is 18.3 Å². The van der Waals surface area contributed by atoms with Crippen molar-refractivity contribution in [2.45, 2.75) is 31.6 Å². The lowest BCUT2D eigenvalue weighted by Crippen LogP contribution is -2.30. The van der Waals surface area contributed by atoms with Crippen LogP contribution in [0.5, 0.6) is 0 Å². The number of nitrogens with one attached hydrogen (secondary N) is 3. The molecule has 0 aliphatic rings. The molecule has 0 saturated heterocycles. The minimum atomic E-state index is -4.86. The molecule has 1 unspecified atom stereocenters. The van der Waals surface area contributed by atoms with Crippen LogP contribution in [0.25, 0.3) is 0 Å². The van der Waals surface area contributed by atoms with Gasteiger partial charge in [0.2, 0.25) is 0 Å². The van der Waals surface area contributed by atoms with E-state index in [0.29, 0.717) is 6.21 Å². The largest absolute Gasteiger partial charge is 0.462 e. The fraction of sp³-hybridized carbons (Fsp3) is 0.292. The van der Waals surface area contributed by atoms with E-state index in [1.807, 2.05) is 0 Å². The third kappa shape index (κ3) is 8.81. The molecule has 2 rings (SSSR count). The number of benzene rings is 2. The Morgan fingerprint density at radius 2 is 1.57 bits per heavy atom. The van der Waals surface area contributed by atoms with Gasteiger partial charge in [-0.15, -0.1) is 0 Å². The summed E-state index contributed by atoms with van der Waals surface area (Å²) in [6.45, 7) is -0.266. The maximum atomic E-state index is 13.0. The zero-order chi connectivity index (χ0) is 27.8. The van der Waals surface area contributed by atoms with Crippen LogP contribution in [-0.2, 0) is 4.74 Å². The number of para-hydroxylation sites is 1. The summed E-state index contributed by atoms with van der Waals surface area (Å²) < 4.78 is 81.8. The van der Waals surface area contributed by atoms with Crippen molar-refractivity contribution in [2.75, 3.05) is 6.61 Å². The van der Waals surface area contributed by atoms with Gasteiger partial charge in [0.15, 0.2) is 0 Å². The molecule has 2 aromatic rings. The van der Waals surface area contributed by atoms with Gasteiger partial charge in [0.1, 0.15) is 11.4 Å². The van der Waals surface area contributed by atoms with Crippen LogP contribution < -0.4 is 0 Å². The first-order valence-electron chi connectivity index (χ1n) is 10.6. The number of halogens is 7. The molecule has 0 saturated carbocycles. The second-order valence-corrected chi connectivity index (χ2v) is 8.11. The number of rotatable bonds is 11. The molecule has 198 valence electrons. The van der Waals surface area contributed by atoms with Crippen molar-refractivity contribution < 1.29 is 35.9 Å². The highest BCUT2D eigenvalue weighted by molar-refractivity contribution is 6.33. The smallest absolute Gasteiger partial charge is 0.429 e. The van der Waals surface area contributed by atoms with Crippen molar-refractivity contribution in [1.29, 1.82) is 16.2 Å². The minimum Gasteiger partial charge on any atom is -0.462 e. The Kier molecular flexibility index (Phi) is 10.1. The van der Waals surface area contributed by atoms with Gasteiger partial charge in [0.05, 0.1) is 28.6 Å². The van der Waals surface area contributed by atoms with E-state index in [1.54, 1.807) is 12.1 Å². The first-order chi connectivity index (χ1) is 17.2. The molecule has 0 bridgehead atoms. The molecule has 0 aliphatic carbocycles. The average Bonchev–Trinajstić information content (AvgIpc) is 2.83. The maximum absolute atomic E-state index is 13.0. The molecule has 1 atom stereocenters. The second-order valence-electron chi connectivity index (χ2n) is 7.70. The number of nitrogens with zero attached hydrogens (tertiary/aromatic N) is 1. The van der Waals surface area contributed by atoms with E-state index in [0.717, 1.165) is 0 Å². The van der Waals surface area contributed by atoms with Crippen molar-refractivity contribution in [2.24, 2.45) is 10.9 Å². The van der Waals surface area contributed by atoms with Gasteiger partial charge < -0.3 is 15.6 Å². The molecule has 0 amide bonds. The molecule has 0 aromatic heterocycles. The number of hydrogen-bond acceptors (Lipinski definition) is 6. The standard InChI is InChI=1S/C24H21ClF6N4O2/c25-17-5-1-2-6-18(17)35-19(12-20(33)23(26,27)28)14-7-9-15(10-8-14)22(36)37-11-3-4-16(13-32)21(34)24(29,30)31/h1-2,5-10,13,16,32-34H,3-4,11-12H2. The molecule has 6 nitrogen and oxygen atoms in total. The molecule has 0 heterocycles. The highest BCUT2D eigenvalue weighted by Gasteiger charge is 2.38. The molecule has 0 radical (unpaired) electrons. The molecule has 0 aliphatic heterocycles. The molecule has 3 N–H and O–H groups in total. The van der Waals surface area contributed by atoms with Crippen molar-refractivity contribution in [3.63, 3.8) is 0 Å². The highest BCUT2D eigenvalue weighted by Crippen LogP contribution is 2.27. The van der Waals surface area contributed by atoms with Gasteiger partial charge in [-0.3, -0.25) is 10.4 Å². The Morgan fingerprint density at radius 1 is 0.973 bits per heavy atom. The van der Waals surface area contributed by atoms with Crippen molar-refractivity contribution in [1.82, 2.24) is 0 Å². The van der Waals surface area contributed by atoms with E-state index >= 15 is 0 Å². The van der Waals surface area contributed by atoms with E-state index in [2.05, 4.69) is 4.99 Å². The van der Waals surface area contributed by atoms with Crippen LogP contribution in [-0.4, -0.2) is 48.3 Å². The number of carbonyl (C=O) groups is 1. The van der Waals surface area contributed by atoms with Crippen LogP contribution in [0.4, 0.5) is 32.0 Å². The summed E-state index contributed by atoms with van der Waals surface area (Å²) >= 11 is 6.05. The van der Waals surface area contributed by atoms with Crippen LogP contribution in [0.2, 0.25) is 5.02 Å². The minimum absolute atomic E-state index is 0.0263. The fourth-order valence-corrected chi connectivity index (χ4v) is 3.21. The Labute approximate surface area is 212 Å². The van der Waals surface area contributed by atoms with Crippen molar-refractivity contribution >= 4 is 46.6 Å². The van der Waals surface area contributed by atoms with Crippen LogP contribution in [0.3, 0.4) is 0 Å². The first kappa shape index (κ1) is 29.7. The van der Waals surface area contributed by atoms with Crippen LogP contribution in [0.1, 0.15) is 35.2 Å².